The van der Waals surface area contributed by atoms with E-state index in [1.54, 1.807) is 20.3 Å². The molecular weight excluding hydrogens is 358 g/mol. The number of carbonyl (C=O) groups excluding carboxylic acids is 2. The Hall–Kier alpha value is -2.87. The van der Waals surface area contributed by atoms with Crippen LogP contribution in [0.25, 0.3) is 0 Å². The summed E-state index contributed by atoms with van der Waals surface area (Å²) in [5.74, 6) is -0.0552. The second-order valence-corrected chi connectivity index (χ2v) is 7.03. The molecule has 0 unspecified atom stereocenters. The van der Waals surface area contributed by atoms with E-state index >= 15 is 0 Å². The van der Waals surface area contributed by atoms with Crippen molar-refractivity contribution in [1.82, 2.24) is 24.5 Å². The molecule has 1 aliphatic heterocycles. The minimum absolute atomic E-state index is 0.0373. The zero-order valence-corrected chi connectivity index (χ0v) is 16.7. The van der Waals surface area contributed by atoms with Crippen molar-refractivity contribution in [2.45, 2.75) is 6.54 Å². The number of amides is 2. The van der Waals surface area contributed by atoms with Crippen LogP contribution in [0.2, 0.25) is 0 Å². The SMILES string of the molecule is COc1nn(C)cc1C(=O)N(C)CC(=O)N1CCN(Cc2ccccc2)CC1. The molecular formula is C20H27N5O3. The third-order valence-corrected chi connectivity index (χ3v) is 4.91. The van der Waals surface area contributed by atoms with Crippen LogP contribution in [0.4, 0.5) is 0 Å². The number of piperazine rings is 1. The van der Waals surface area contributed by atoms with Gasteiger partial charge in [-0.2, -0.15) is 0 Å². The van der Waals surface area contributed by atoms with Crippen molar-refractivity contribution in [3.05, 3.63) is 47.7 Å². The average Bonchev–Trinajstić information content (AvgIpc) is 3.09. The van der Waals surface area contributed by atoms with Crippen LogP contribution in [-0.4, -0.2) is 83.2 Å². The van der Waals surface area contributed by atoms with Crippen LogP contribution < -0.4 is 4.74 Å². The fraction of sp³-hybridized carbons (Fsp3) is 0.450. The summed E-state index contributed by atoms with van der Waals surface area (Å²) in [5.41, 5.74) is 1.63. The van der Waals surface area contributed by atoms with Crippen LogP contribution >= 0.6 is 0 Å². The first-order chi connectivity index (χ1) is 13.5. The van der Waals surface area contributed by atoms with Crippen molar-refractivity contribution >= 4 is 11.8 Å². The van der Waals surface area contributed by atoms with E-state index in [1.165, 1.54) is 22.3 Å². The maximum absolute atomic E-state index is 12.6. The van der Waals surface area contributed by atoms with Gasteiger partial charge in [-0.05, 0) is 5.56 Å². The zero-order valence-electron chi connectivity index (χ0n) is 16.7. The van der Waals surface area contributed by atoms with Gasteiger partial charge in [-0.15, -0.1) is 5.10 Å². The van der Waals surface area contributed by atoms with Gasteiger partial charge in [0, 0.05) is 53.0 Å². The predicted molar refractivity (Wildman–Crippen MR) is 105 cm³/mol. The molecule has 0 atom stereocenters. The summed E-state index contributed by atoms with van der Waals surface area (Å²) in [5, 5.41) is 4.09. The first kappa shape index (κ1) is 19.9. The highest BCUT2D eigenvalue weighted by Crippen LogP contribution is 2.17. The van der Waals surface area contributed by atoms with Gasteiger partial charge in [0.25, 0.3) is 5.91 Å². The Balaban J connectivity index is 1.50. The summed E-state index contributed by atoms with van der Waals surface area (Å²) >= 11 is 0. The van der Waals surface area contributed by atoms with E-state index in [1.807, 2.05) is 23.1 Å². The summed E-state index contributed by atoms with van der Waals surface area (Å²) in [7, 11) is 4.82. The molecule has 8 nitrogen and oxygen atoms in total. The van der Waals surface area contributed by atoms with Crippen LogP contribution in [0, 0.1) is 0 Å². The quantitative estimate of drug-likeness (QED) is 0.737. The number of hydrogen-bond acceptors (Lipinski definition) is 5. The zero-order chi connectivity index (χ0) is 20.1. The van der Waals surface area contributed by atoms with E-state index in [9.17, 15) is 9.59 Å². The molecule has 1 fully saturated rings. The molecule has 2 amide bonds. The van der Waals surface area contributed by atoms with Crippen LogP contribution in [0.1, 0.15) is 15.9 Å². The predicted octanol–water partition coefficient (Wildman–Crippen LogP) is 0.845. The second kappa shape index (κ2) is 8.88. The monoisotopic (exact) mass is 385 g/mol. The highest BCUT2D eigenvalue weighted by atomic mass is 16.5. The number of benzene rings is 1. The lowest BCUT2D eigenvalue weighted by atomic mass is 10.2. The van der Waals surface area contributed by atoms with Crippen LogP contribution in [0.3, 0.4) is 0 Å². The molecule has 2 aromatic rings. The van der Waals surface area contributed by atoms with Gasteiger partial charge in [-0.25, -0.2) is 0 Å². The largest absolute Gasteiger partial charge is 0.479 e. The Bertz CT molecular complexity index is 813. The molecule has 0 radical (unpaired) electrons. The Morgan fingerprint density at radius 1 is 1.14 bits per heavy atom. The van der Waals surface area contributed by atoms with E-state index in [0.29, 0.717) is 18.7 Å². The number of hydrogen-bond donors (Lipinski definition) is 0. The van der Waals surface area contributed by atoms with Crippen LogP contribution in [0.5, 0.6) is 5.88 Å². The topological polar surface area (TPSA) is 70.9 Å². The van der Waals surface area contributed by atoms with Gasteiger partial charge in [0.05, 0.1) is 13.7 Å². The van der Waals surface area contributed by atoms with Crippen molar-refractivity contribution in [3.8, 4) is 5.88 Å². The van der Waals surface area contributed by atoms with Crippen molar-refractivity contribution in [2.75, 3.05) is 46.9 Å². The van der Waals surface area contributed by atoms with Crippen molar-refractivity contribution < 1.29 is 14.3 Å². The third kappa shape index (κ3) is 4.69. The molecule has 1 aromatic carbocycles. The lowest BCUT2D eigenvalue weighted by Gasteiger charge is -2.35. The van der Waals surface area contributed by atoms with Crippen molar-refractivity contribution in [1.29, 1.82) is 0 Å². The van der Waals surface area contributed by atoms with Gasteiger partial charge >= 0.3 is 0 Å². The number of aryl methyl sites for hydroxylation is 1. The molecule has 8 heteroatoms. The standard InChI is InChI=1S/C20H27N5O3/c1-22(20(27)17-14-23(2)21-19(17)28-3)15-18(26)25-11-9-24(10-12-25)13-16-7-5-4-6-8-16/h4-8,14H,9-13,15H2,1-3H3. The number of ether oxygens (including phenoxy) is 1. The molecule has 0 aliphatic carbocycles. The van der Waals surface area contributed by atoms with Gasteiger partial charge in [-0.1, -0.05) is 30.3 Å². The van der Waals surface area contributed by atoms with E-state index in [4.69, 9.17) is 4.74 Å². The molecule has 0 N–H and O–H groups in total. The lowest BCUT2D eigenvalue weighted by molar-refractivity contribution is -0.133. The average molecular weight is 385 g/mol. The number of aromatic nitrogens is 2. The Labute approximate surface area is 165 Å². The highest BCUT2D eigenvalue weighted by molar-refractivity contribution is 5.98. The van der Waals surface area contributed by atoms with Crippen molar-refractivity contribution in [3.63, 3.8) is 0 Å². The summed E-state index contributed by atoms with van der Waals surface area (Å²) in [6.07, 6.45) is 1.60. The number of methoxy groups -OCH3 is 1. The number of carbonyl (C=O) groups is 2. The summed E-state index contributed by atoms with van der Waals surface area (Å²) in [4.78, 5) is 30.8. The normalized spacial score (nSPS) is 14.8. The minimum atomic E-state index is -0.277. The van der Waals surface area contributed by atoms with Gasteiger partial charge in [0.1, 0.15) is 5.56 Å². The lowest BCUT2D eigenvalue weighted by Crippen LogP contribution is -2.51. The Kier molecular flexibility index (Phi) is 6.30. The molecule has 150 valence electrons. The fourth-order valence-corrected chi connectivity index (χ4v) is 3.34. The van der Waals surface area contributed by atoms with Gasteiger partial charge in [-0.3, -0.25) is 19.2 Å². The molecule has 1 aliphatic rings. The van der Waals surface area contributed by atoms with E-state index in [-0.39, 0.29) is 24.2 Å². The van der Waals surface area contributed by atoms with Crippen molar-refractivity contribution in [2.24, 2.45) is 7.05 Å². The number of likely N-dealkylation sites (N-methyl/N-ethyl adjacent to an activating group) is 1. The number of nitrogens with zero attached hydrogens (tertiary/aromatic N) is 5. The minimum Gasteiger partial charge on any atom is -0.479 e. The smallest absolute Gasteiger partial charge is 0.261 e. The fourth-order valence-electron chi connectivity index (χ4n) is 3.34. The summed E-state index contributed by atoms with van der Waals surface area (Å²) in [6, 6.07) is 10.3. The molecule has 0 spiro atoms. The Morgan fingerprint density at radius 3 is 2.46 bits per heavy atom. The first-order valence-electron chi connectivity index (χ1n) is 9.35. The molecule has 1 aromatic heterocycles. The maximum atomic E-state index is 12.6. The molecule has 0 saturated carbocycles. The van der Waals surface area contributed by atoms with E-state index in [0.717, 1.165) is 19.6 Å². The van der Waals surface area contributed by atoms with E-state index in [2.05, 4.69) is 22.1 Å². The van der Waals surface area contributed by atoms with E-state index < -0.39 is 0 Å². The molecule has 0 bridgehead atoms. The molecule has 2 heterocycles. The molecule has 1 saturated heterocycles. The molecule has 28 heavy (non-hydrogen) atoms. The second-order valence-electron chi connectivity index (χ2n) is 7.03. The first-order valence-corrected chi connectivity index (χ1v) is 9.35. The van der Waals surface area contributed by atoms with Crippen LogP contribution in [-0.2, 0) is 18.4 Å². The van der Waals surface area contributed by atoms with Crippen LogP contribution in [0.15, 0.2) is 36.5 Å². The maximum Gasteiger partial charge on any atom is 0.261 e. The van der Waals surface area contributed by atoms with Gasteiger partial charge < -0.3 is 14.5 Å². The Morgan fingerprint density at radius 2 is 1.82 bits per heavy atom. The summed E-state index contributed by atoms with van der Waals surface area (Å²) < 4.78 is 6.66. The molecule has 3 rings (SSSR count). The van der Waals surface area contributed by atoms with Gasteiger partial charge in [0.2, 0.25) is 11.8 Å². The summed E-state index contributed by atoms with van der Waals surface area (Å²) in [6.45, 7) is 3.93. The highest BCUT2D eigenvalue weighted by Gasteiger charge is 2.25. The third-order valence-electron chi connectivity index (χ3n) is 4.91. The number of rotatable bonds is 6. The van der Waals surface area contributed by atoms with Gasteiger partial charge in [0.15, 0.2) is 0 Å².